The van der Waals surface area contributed by atoms with E-state index in [1.165, 1.54) is 4.90 Å². The van der Waals surface area contributed by atoms with Crippen LogP contribution in [0.15, 0.2) is 115 Å². The number of cyclic esters (lactones) is 1. The lowest BCUT2D eigenvalue weighted by Gasteiger charge is -2.44. The van der Waals surface area contributed by atoms with Crippen molar-refractivity contribution in [1.29, 1.82) is 0 Å². The van der Waals surface area contributed by atoms with Crippen LogP contribution in [-0.2, 0) is 46.4 Å². The predicted molar refractivity (Wildman–Crippen MR) is 173 cm³/mol. The third-order valence-corrected chi connectivity index (χ3v) is 7.91. The summed E-state index contributed by atoms with van der Waals surface area (Å²) in [5.41, 5.74) is 3.39. The topological polar surface area (TPSA) is 108 Å². The minimum absolute atomic E-state index is 0.0211. The van der Waals surface area contributed by atoms with Gasteiger partial charge in [0.2, 0.25) is 0 Å². The van der Waals surface area contributed by atoms with Crippen LogP contribution < -0.4 is 0 Å². The molecule has 1 aliphatic rings. The van der Waals surface area contributed by atoms with Gasteiger partial charge in [0.15, 0.2) is 12.0 Å². The molecule has 0 unspecified atom stereocenters. The average Bonchev–Trinajstić information content (AvgIpc) is 3.10. The maximum absolute atomic E-state index is 14.1. The Hall–Kier alpha value is -5.44. The Morgan fingerprint density at radius 2 is 1.21 bits per heavy atom. The van der Waals surface area contributed by atoms with Crippen LogP contribution in [0, 0.1) is 0 Å². The highest BCUT2D eigenvalue weighted by Gasteiger charge is 2.48. The summed E-state index contributed by atoms with van der Waals surface area (Å²) in [6, 6.07) is 33.0. The summed E-state index contributed by atoms with van der Waals surface area (Å²) in [4.78, 5) is 54.7. The number of esters is 3. The fourth-order valence-electron chi connectivity index (χ4n) is 5.71. The molecule has 9 heteroatoms. The fraction of sp³-hybridized carbons (Fsp3) is 0.263. The largest absolute Gasteiger partial charge is 0.465 e. The normalized spacial score (nSPS) is 17.5. The van der Waals surface area contributed by atoms with E-state index in [0.717, 1.165) is 16.7 Å². The zero-order chi connectivity index (χ0) is 33.2. The predicted octanol–water partition coefficient (Wildman–Crippen LogP) is 6.49. The van der Waals surface area contributed by atoms with Gasteiger partial charge in [-0.3, -0.25) is 14.5 Å². The molecular formula is C38H37NO8. The fourth-order valence-corrected chi connectivity index (χ4v) is 5.71. The van der Waals surface area contributed by atoms with E-state index in [1.54, 1.807) is 38.1 Å². The second-order valence-corrected chi connectivity index (χ2v) is 11.0. The smallest absolute Gasteiger partial charge is 0.411 e. The Morgan fingerprint density at radius 3 is 1.77 bits per heavy atom. The molecule has 1 aliphatic heterocycles. The first-order valence-electron chi connectivity index (χ1n) is 15.6. The molecule has 9 nitrogen and oxygen atoms in total. The number of amides is 1. The minimum atomic E-state index is -1.25. The molecule has 1 amide bonds. The van der Waals surface area contributed by atoms with Gasteiger partial charge in [-0.1, -0.05) is 115 Å². The van der Waals surface area contributed by atoms with Gasteiger partial charge in [-0.2, -0.15) is 0 Å². The molecular weight excluding hydrogens is 598 g/mol. The van der Waals surface area contributed by atoms with Crippen LogP contribution in [0.25, 0.3) is 0 Å². The molecule has 3 atom stereocenters. The van der Waals surface area contributed by atoms with Gasteiger partial charge in [-0.25, -0.2) is 9.59 Å². The number of rotatable bonds is 11. The van der Waals surface area contributed by atoms with E-state index in [-0.39, 0.29) is 26.2 Å². The second kappa shape index (κ2) is 15.7. The van der Waals surface area contributed by atoms with Gasteiger partial charge in [0.1, 0.15) is 18.7 Å². The number of ether oxygens (including phenoxy) is 4. The molecule has 1 fully saturated rings. The van der Waals surface area contributed by atoms with Crippen molar-refractivity contribution < 1.29 is 38.1 Å². The Labute approximate surface area is 274 Å². The number of morpholine rings is 1. The first-order chi connectivity index (χ1) is 22.9. The van der Waals surface area contributed by atoms with Gasteiger partial charge in [0, 0.05) is 6.42 Å². The second-order valence-electron chi connectivity index (χ2n) is 11.0. The number of hydrogen-bond acceptors (Lipinski definition) is 8. The van der Waals surface area contributed by atoms with Gasteiger partial charge in [0.25, 0.3) is 0 Å². The van der Waals surface area contributed by atoms with Gasteiger partial charge in [-0.15, -0.1) is 0 Å². The molecule has 4 aromatic carbocycles. The van der Waals surface area contributed by atoms with Crippen molar-refractivity contribution in [2.75, 3.05) is 13.2 Å². The standard InChI is InChI=1S/C38H37NO8/c1-3-44-36(41)32(37(42)45-4-2)28-22-20-26(21-23-28)24-31-35(40)47-34(30-18-12-7-13-19-30)33(29-16-10-6-11-17-29)39(31)38(43)46-25-27-14-8-5-9-15-27/h5-23,31-34H,3-4,24-25H2,1-2H3/t31-,33-,34+/m0/s1. The number of hydrogen-bond donors (Lipinski definition) is 0. The molecule has 0 aliphatic carbocycles. The van der Waals surface area contributed by atoms with Crippen molar-refractivity contribution in [2.24, 2.45) is 0 Å². The number of carbonyl (C=O) groups is 4. The van der Waals surface area contributed by atoms with Gasteiger partial charge < -0.3 is 18.9 Å². The zero-order valence-corrected chi connectivity index (χ0v) is 26.3. The molecule has 0 bridgehead atoms. The van der Waals surface area contributed by atoms with Crippen molar-refractivity contribution in [2.45, 2.75) is 51.0 Å². The first kappa shape index (κ1) is 32.9. The van der Waals surface area contributed by atoms with E-state index in [0.29, 0.717) is 11.1 Å². The van der Waals surface area contributed by atoms with Crippen molar-refractivity contribution in [3.63, 3.8) is 0 Å². The Balaban J connectivity index is 1.50. The molecule has 0 saturated carbocycles. The highest BCUT2D eigenvalue weighted by atomic mass is 16.6. The highest BCUT2D eigenvalue weighted by molar-refractivity contribution is 6.00. The van der Waals surface area contributed by atoms with E-state index >= 15 is 0 Å². The lowest BCUT2D eigenvalue weighted by molar-refractivity contribution is -0.173. The summed E-state index contributed by atoms with van der Waals surface area (Å²) in [6.45, 7) is 3.56. The molecule has 242 valence electrons. The SMILES string of the molecule is CCOC(=O)C(C(=O)OCC)c1ccc(C[C@H]2C(=O)O[C@H](c3ccccc3)[C@H](c3ccccc3)N2C(=O)OCc2ccccc2)cc1. The van der Waals surface area contributed by atoms with Gasteiger partial charge >= 0.3 is 24.0 Å². The van der Waals surface area contributed by atoms with E-state index in [9.17, 15) is 19.2 Å². The van der Waals surface area contributed by atoms with Crippen molar-refractivity contribution in [3.8, 4) is 0 Å². The lowest BCUT2D eigenvalue weighted by atomic mass is 9.89. The van der Waals surface area contributed by atoms with Gasteiger partial charge in [0.05, 0.1) is 13.2 Å². The lowest BCUT2D eigenvalue weighted by Crippen LogP contribution is -2.55. The van der Waals surface area contributed by atoms with E-state index in [1.807, 2.05) is 91.0 Å². The summed E-state index contributed by atoms with van der Waals surface area (Å²) in [6.07, 6.45) is -1.36. The molecule has 1 saturated heterocycles. The summed E-state index contributed by atoms with van der Waals surface area (Å²) < 4.78 is 22.2. The van der Waals surface area contributed by atoms with E-state index in [2.05, 4.69) is 0 Å². The van der Waals surface area contributed by atoms with Crippen LogP contribution in [-0.4, -0.2) is 48.2 Å². The Morgan fingerprint density at radius 1 is 0.681 bits per heavy atom. The van der Waals surface area contributed by atoms with Crippen LogP contribution in [0.3, 0.4) is 0 Å². The van der Waals surface area contributed by atoms with Crippen LogP contribution in [0.5, 0.6) is 0 Å². The quantitative estimate of drug-likeness (QED) is 0.105. The van der Waals surface area contributed by atoms with Crippen molar-refractivity contribution in [1.82, 2.24) is 4.90 Å². The van der Waals surface area contributed by atoms with Crippen LogP contribution >= 0.6 is 0 Å². The Kier molecular flexibility index (Phi) is 11.0. The molecule has 5 rings (SSSR count). The third-order valence-electron chi connectivity index (χ3n) is 7.91. The average molecular weight is 636 g/mol. The summed E-state index contributed by atoms with van der Waals surface area (Å²) in [5.74, 6) is -3.25. The molecule has 47 heavy (non-hydrogen) atoms. The van der Waals surface area contributed by atoms with Crippen molar-refractivity contribution >= 4 is 24.0 Å². The van der Waals surface area contributed by atoms with Gasteiger partial charge in [-0.05, 0) is 41.7 Å². The van der Waals surface area contributed by atoms with Crippen LogP contribution in [0.4, 0.5) is 4.79 Å². The maximum Gasteiger partial charge on any atom is 0.411 e. The Bertz CT molecular complexity index is 1630. The number of nitrogens with zero attached hydrogens (tertiary/aromatic N) is 1. The van der Waals surface area contributed by atoms with Crippen LogP contribution in [0.1, 0.15) is 59.7 Å². The van der Waals surface area contributed by atoms with Crippen molar-refractivity contribution in [3.05, 3.63) is 143 Å². The zero-order valence-electron chi connectivity index (χ0n) is 26.3. The molecule has 0 aromatic heterocycles. The monoisotopic (exact) mass is 635 g/mol. The minimum Gasteiger partial charge on any atom is -0.465 e. The van der Waals surface area contributed by atoms with Crippen LogP contribution in [0.2, 0.25) is 0 Å². The van der Waals surface area contributed by atoms with E-state index in [4.69, 9.17) is 18.9 Å². The first-order valence-corrected chi connectivity index (χ1v) is 15.6. The maximum atomic E-state index is 14.1. The molecule has 0 spiro atoms. The molecule has 0 radical (unpaired) electrons. The van der Waals surface area contributed by atoms with E-state index < -0.39 is 48.1 Å². The highest BCUT2D eigenvalue weighted by Crippen LogP contribution is 2.43. The summed E-state index contributed by atoms with van der Waals surface area (Å²) in [7, 11) is 0. The summed E-state index contributed by atoms with van der Waals surface area (Å²) in [5, 5.41) is 0. The number of carbonyl (C=O) groups excluding carboxylic acids is 4. The number of benzene rings is 4. The molecule has 1 heterocycles. The third kappa shape index (κ3) is 7.87. The summed E-state index contributed by atoms with van der Waals surface area (Å²) >= 11 is 0. The molecule has 4 aromatic rings. The molecule has 0 N–H and O–H groups in total.